The molecule has 0 bridgehead atoms. The maximum atomic E-state index is 12.6. The third kappa shape index (κ3) is 11.2. The van der Waals surface area contributed by atoms with Crippen LogP contribution in [0.25, 0.3) is 0 Å². The van der Waals surface area contributed by atoms with Crippen molar-refractivity contribution in [3.63, 3.8) is 0 Å². The largest absolute Gasteiger partial charge is 0.479 e. The number of carboxylic acids is 1. The van der Waals surface area contributed by atoms with E-state index in [-0.39, 0.29) is 36.2 Å². The van der Waals surface area contributed by atoms with Crippen molar-refractivity contribution in [2.24, 2.45) is 50.2 Å². The Bertz CT molecular complexity index is 2460. The van der Waals surface area contributed by atoms with Crippen LogP contribution in [0.1, 0.15) is 99.8 Å². The van der Waals surface area contributed by atoms with E-state index in [2.05, 4.69) is 33.8 Å². The van der Waals surface area contributed by atoms with Crippen molar-refractivity contribution >= 4 is 5.97 Å². The van der Waals surface area contributed by atoms with Crippen LogP contribution in [-0.4, -0.2) is 297 Å². The molecule has 10 aliphatic rings. The van der Waals surface area contributed by atoms with Gasteiger partial charge in [0.1, 0.15) is 110 Å². The molecule has 88 heavy (non-hydrogen) atoms. The van der Waals surface area contributed by atoms with Crippen molar-refractivity contribution in [1.82, 2.24) is 0 Å². The number of aliphatic carboxylic acids is 1. The van der Waals surface area contributed by atoms with Crippen LogP contribution < -0.4 is 0 Å². The number of aliphatic hydroxyl groups is 17. The van der Waals surface area contributed by atoms with Crippen LogP contribution >= 0.6 is 0 Å². The molecule has 29 heteroatoms. The van der Waals surface area contributed by atoms with Gasteiger partial charge in [-0.15, -0.1) is 0 Å². The lowest BCUT2D eigenvalue weighted by Crippen LogP contribution is -2.69. The summed E-state index contributed by atoms with van der Waals surface area (Å²) in [7, 11) is 0. The topological polar surface area (TPSA) is 474 Å². The first-order chi connectivity index (χ1) is 41.2. The zero-order valence-electron chi connectivity index (χ0n) is 50.6. The molecule has 5 saturated heterocycles. The molecule has 4 saturated carbocycles. The van der Waals surface area contributed by atoms with Gasteiger partial charge in [-0.2, -0.15) is 0 Å². The Hall–Kier alpha value is -1.87. The molecule has 0 aromatic carbocycles. The monoisotopic (exact) mass is 1270 g/mol. The second-order valence-corrected chi connectivity index (χ2v) is 28.8. The van der Waals surface area contributed by atoms with Crippen molar-refractivity contribution in [2.75, 3.05) is 33.0 Å². The lowest BCUT2D eigenvalue weighted by Gasteiger charge is -2.72. The van der Waals surface area contributed by atoms with Gasteiger partial charge in [-0.1, -0.05) is 60.1 Å². The second-order valence-electron chi connectivity index (χ2n) is 28.8. The van der Waals surface area contributed by atoms with Crippen LogP contribution in [0.3, 0.4) is 0 Å². The lowest BCUT2D eigenvalue weighted by molar-refractivity contribution is -0.397. The fourth-order valence-corrected chi connectivity index (χ4v) is 17.9. The molecule has 0 unspecified atom stereocenters. The highest BCUT2D eigenvalue weighted by Crippen LogP contribution is 2.76. The summed E-state index contributed by atoms with van der Waals surface area (Å²) < 4.78 is 60.2. The van der Waals surface area contributed by atoms with E-state index in [1.165, 1.54) is 5.57 Å². The molecule has 9 fully saturated rings. The lowest BCUT2D eigenvalue weighted by atomic mass is 9.33. The molecule has 0 amide bonds. The summed E-state index contributed by atoms with van der Waals surface area (Å²) in [6.45, 7) is 11.5. The highest BCUT2D eigenvalue weighted by atomic mass is 16.8. The Kier molecular flexibility index (Phi) is 19.9. The van der Waals surface area contributed by atoms with Crippen LogP contribution in [0.5, 0.6) is 0 Å². The zero-order chi connectivity index (χ0) is 64.4. The molecule has 506 valence electrons. The molecule has 5 aliphatic heterocycles. The summed E-state index contributed by atoms with van der Waals surface area (Å²) >= 11 is 0. The molecule has 5 aliphatic carbocycles. The SMILES string of the molecule is CC1(C)C[C@H]2C3=CC[C@@H]4[C@@]5(C)CC[C@H](O[C@@H]6O[C@H](C(=O)O)[C@@H](O)[C@H](O)[C@H]6O[C@@H]6O[C@H](CO)[C@H](O)[C@H](O)[C@H]6O[C@@H]6O[C@H](CO)[C@@H](O)[C@H](O)[C@H]6O)[C@](C)(CO)[C@@H]5CC[C@@]4(C)[C@]3(C)CC[C@@]2(C)[C@H](O[C@@H]2OC[C@H](O)[C@H](O[C@@H]3O[C@H](CO)[C@@H](O)[C@H](O)[C@H]3O)[C@H]2O)[C@@H]1O. The van der Waals surface area contributed by atoms with Gasteiger partial charge in [-0.25, -0.2) is 4.79 Å². The quantitative estimate of drug-likeness (QED) is 0.0539. The molecule has 35 atom stereocenters. The van der Waals surface area contributed by atoms with Crippen molar-refractivity contribution in [2.45, 2.75) is 266 Å². The first-order valence-electron chi connectivity index (χ1n) is 31.0. The Morgan fingerprint density at radius 2 is 1.05 bits per heavy atom. The zero-order valence-corrected chi connectivity index (χ0v) is 50.6. The molecule has 5 heterocycles. The summed E-state index contributed by atoms with van der Waals surface area (Å²) in [6.07, 6.45) is -39.2. The van der Waals surface area contributed by atoms with Gasteiger partial charge < -0.3 is 139 Å². The average molecular weight is 1270 g/mol. The first kappa shape index (κ1) is 69.0. The van der Waals surface area contributed by atoms with Crippen molar-refractivity contribution in [3.05, 3.63) is 11.6 Å². The van der Waals surface area contributed by atoms with E-state index >= 15 is 0 Å². The minimum absolute atomic E-state index is 0.0245. The molecule has 29 nitrogen and oxygen atoms in total. The molecular formula is C59H96O29. The fraction of sp³-hybridized carbons (Fsp3) is 0.949. The van der Waals surface area contributed by atoms with E-state index in [1.54, 1.807) is 0 Å². The van der Waals surface area contributed by atoms with Gasteiger partial charge in [-0.05, 0) is 90.8 Å². The number of carboxylic acid groups (broad SMARTS) is 1. The van der Waals surface area contributed by atoms with E-state index in [4.69, 9.17) is 47.4 Å². The normalized spacial score (nSPS) is 55.5. The number of hydrogen-bond donors (Lipinski definition) is 18. The molecule has 18 N–H and O–H groups in total. The third-order valence-corrected chi connectivity index (χ3v) is 23.6. The first-order valence-corrected chi connectivity index (χ1v) is 31.0. The third-order valence-electron chi connectivity index (χ3n) is 23.6. The Balaban J connectivity index is 0.892. The van der Waals surface area contributed by atoms with E-state index < -0.39 is 225 Å². The number of hydrogen-bond acceptors (Lipinski definition) is 28. The van der Waals surface area contributed by atoms with Crippen LogP contribution in [0.2, 0.25) is 0 Å². The number of carbonyl (C=O) groups is 1. The molecule has 10 rings (SSSR count). The van der Waals surface area contributed by atoms with Crippen molar-refractivity contribution in [1.29, 1.82) is 0 Å². The minimum atomic E-state index is -2.17. The predicted molar refractivity (Wildman–Crippen MR) is 293 cm³/mol. The summed E-state index contributed by atoms with van der Waals surface area (Å²) in [5.41, 5.74) is -2.58. The highest BCUT2D eigenvalue weighted by molar-refractivity contribution is 5.73. The van der Waals surface area contributed by atoms with Crippen molar-refractivity contribution in [3.8, 4) is 0 Å². The maximum Gasteiger partial charge on any atom is 0.335 e. The molecule has 0 radical (unpaired) electrons. The second kappa shape index (κ2) is 25.4. The smallest absolute Gasteiger partial charge is 0.335 e. The average Bonchev–Trinajstić information content (AvgIpc) is 0.677. The standard InChI is InChI=1S/C59H96O29/c1-54(2)16-23-22-8-9-29-56(4)12-11-30(83-53-45(38(72)37(71)43(85-53)48(77)78)87-52-44(36(70)33(67)27(19-62)82-52)86-51-40(74)35(69)32(66)26(18-61)81-51)57(5,21-63)28(56)10-13-59(29,7)58(22,6)15-14-55(23,3)47(46(54)76)88-49-41(75)42(24(64)20-79-49)84-50-39(73)34(68)31(65)25(17-60)80-50/h8,23-47,49-53,60-76H,9-21H2,1-7H3,(H,77,78)/t23-,24-,25+,26+,27+,28+,29+,30-,31+,32+,33-,34-,35-,36-,37-,38-,39+,40+,41+,42-,43-,44+,45+,46-,47+,49-,50-,51-,52-,53+,55+,56-,57+,58+,59+/m0/s1. The predicted octanol–water partition coefficient (Wildman–Crippen LogP) is -5.06. The van der Waals surface area contributed by atoms with Gasteiger partial charge in [0.2, 0.25) is 0 Å². The number of allylic oxidation sites excluding steroid dienone is 2. The van der Waals surface area contributed by atoms with Gasteiger partial charge in [0.25, 0.3) is 0 Å². The number of rotatable bonds is 15. The summed E-state index contributed by atoms with van der Waals surface area (Å²) in [6, 6.07) is 0. The van der Waals surface area contributed by atoms with E-state index in [1.807, 2.05) is 20.8 Å². The molecule has 0 aromatic rings. The van der Waals surface area contributed by atoms with Crippen LogP contribution in [0.4, 0.5) is 0 Å². The molecule has 0 aromatic heterocycles. The van der Waals surface area contributed by atoms with Gasteiger partial charge in [0.05, 0.1) is 51.3 Å². The Morgan fingerprint density at radius 1 is 0.523 bits per heavy atom. The summed E-state index contributed by atoms with van der Waals surface area (Å²) in [4.78, 5) is 12.6. The maximum absolute atomic E-state index is 12.6. The van der Waals surface area contributed by atoms with E-state index in [9.17, 15) is 96.7 Å². The molecule has 0 spiro atoms. The number of fused-ring (bicyclic) bond motifs is 7. The van der Waals surface area contributed by atoms with Gasteiger partial charge in [-0.3, -0.25) is 0 Å². The highest BCUT2D eigenvalue weighted by Gasteiger charge is 2.71. The Morgan fingerprint density at radius 3 is 1.60 bits per heavy atom. The molecular weight excluding hydrogens is 1170 g/mol. The van der Waals surface area contributed by atoms with E-state index in [0.29, 0.717) is 44.9 Å². The van der Waals surface area contributed by atoms with Crippen LogP contribution in [0.15, 0.2) is 11.6 Å². The number of ether oxygens (including phenoxy) is 10. The van der Waals surface area contributed by atoms with Crippen LogP contribution in [-0.2, 0) is 52.2 Å². The summed E-state index contributed by atoms with van der Waals surface area (Å²) in [5, 5.41) is 196. The Labute approximate surface area is 509 Å². The van der Waals surface area contributed by atoms with Crippen molar-refractivity contribution < 1.29 is 144 Å². The van der Waals surface area contributed by atoms with Crippen LogP contribution in [0, 0.1) is 50.2 Å². The van der Waals surface area contributed by atoms with Gasteiger partial charge in [0, 0.05) is 10.8 Å². The number of aliphatic hydroxyl groups excluding tert-OH is 17. The van der Waals surface area contributed by atoms with E-state index in [0.717, 1.165) is 0 Å². The van der Waals surface area contributed by atoms with Gasteiger partial charge >= 0.3 is 5.97 Å². The fourth-order valence-electron chi connectivity index (χ4n) is 17.9. The minimum Gasteiger partial charge on any atom is -0.479 e. The van der Waals surface area contributed by atoms with Gasteiger partial charge in [0.15, 0.2) is 37.6 Å². The summed E-state index contributed by atoms with van der Waals surface area (Å²) in [5.74, 6) is -2.05.